The van der Waals surface area contributed by atoms with Gasteiger partial charge in [0, 0.05) is 42.6 Å². The smallest absolute Gasteiger partial charge is 0.108 e. The molecule has 0 saturated carbocycles. The number of hydrogen-bond donors (Lipinski definition) is 1. The lowest BCUT2D eigenvalue weighted by molar-refractivity contribution is 0.681. The minimum Gasteiger partial charge on any atom is -0.383 e. The van der Waals surface area contributed by atoms with Crippen LogP contribution in [0.25, 0.3) is 0 Å². The van der Waals surface area contributed by atoms with Gasteiger partial charge in [0.25, 0.3) is 0 Å². The van der Waals surface area contributed by atoms with Crippen LogP contribution >= 0.6 is 11.6 Å². The summed E-state index contributed by atoms with van der Waals surface area (Å²) in [5.74, 6) is 1.13. The average molecular weight is 250 g/mol. The summed E-state index contributed by atoms with van der Waals surface area (Å²) < 4.78 is 2.17. The van der Waals surface area contributed by atoms with E-state index in [1.54, 1.807) is 0 Å². The number of hydrogen-bond acceptors (Lipinski definition) is 2. The highest BCUT2D eigenvalue weighted by molar-refractivity contribution is 6.30. The van der Waals surface area contributed by atoms with Gasteiger partial charge in [-0.05, 0) is 24.3 Å². The highest BCUT2D eigenvalue weighted by Crippen LogP contribution is 2.13. The summed E-state index contributed by atoms with van der Waals surface area (Å²) in [7, 11) is 0. The van der Waals surface area contributed by atoms with Gasteiger partial charge in [0.05, 0.1) is 0 Å². The largest absolute Gasteiger partial charge is 0.383 e. The lowest BCUT2D eigenvalue weighted by Crippen LogP contribution is -2.11. The summed E-state index contributed by atoms with van der Waals surface area (Å²) in [6.07, 6.45) is 4.83. The van der Waals surface area contributed by atoms with Crippen molar-refractivity contribution in [2.24, 2.45) is 0 Å². The van der Waals surface area contributed by atoms with Crippen LogP contribution in [0.5, 0.6) is 0 Å². The molecule has 1 aromatic heterocycles. The third-order valence-corrected chi connectivity index (χ3v) is 2.90. The zero-order valence-electron chi connectivity index (χ0n) is 9.86. The van der Waals surface area contributed by atoms with Crippen molar-refractivity contribution in [3.8, 4) is 0 Å². The Hall–Kier alpha value is -1.48. The van der Waals surface area contributed by atoms with Crippen molar-refractivity contribution in [1.82, 2.24) is 9.55 Å². The monoisotopic (exact) mass is 249 g/mol. The molecule has 0 bridgehead atoms. The molecule has 1 heterocycles. The molecule has 0 spiro atoms. The lowest BCUT2D eigenvalue weighted by Gasteiger charge is -2.09. The molecule has 0 aliphatic rings. The second-order valence-electron chi connectivity index (χ2n) is 3.82. The molecule has 2 aromatic rings. The van der Waals surface area contributed by atoms with Crippen molar-refractivity contribution in [2.45, 2.75) is 19.9 Å². The van der Waals surface area contributed by atoms with E-state index in [4.69, 9.17) is 11.6 Å². The second-order valence-corrected chi connectivity index (χ2v) is 4.26. The number of aromatic nitrogens is 2. The number of imidazole rings is 1. The Kier molecular flexibility index (Phi) is 4.04. The van der Waals surface area contributed by atoms with Crippen LogP contribution in [0, 0.1) is 0 Å². The Balaban J connectivity index is 1.85. The van der Waals surface area contributed by atoms with Gasteiger partial charge in [0.1, 0.15) is 5.82 Å². The molecule has 17 heavy (non-hydrogen) atoms. The first-order chi connectivity index (χ1) is 8.29. The Bertz CT molecular complexity index is 462. The number of aryl methyl sites for hydroxylation is 1. The molecular weight excluding hydrogens is 234 g/mol. The topological polar surface area (TPSA) is 29.9 Å². The zero-order valence-corrected chi connectivity index (χ0v) is 10.6. The molecule has 0 atom stereocenters. The fourth-order valence-electron chi connectivity index (χ4n) is 1.75. The molecule has 0 aliphatic heterocycles. The fraction of sp³-hybridized carbons (Fsp3) is 0.308. The van der Waals surface area contributed by atoms with E-state index in [-0.39, 0.29) is 0 Å². The first kappa shape index (κ1) is 12.0. The molecule has 0 unspecified atom stereocenters. The number of nitrogens with one attached hydrogen (secondary N) is 1. The molecule has 0 amide bonds. The molecular formula is C13H16ClN3. The van der Waals surface area contributed by atoms with Crippen molar-refractivity contribution in [2.75, 3.05) is 11.9 Å². The van der Waals surface area contributed by atoms with Gasteiger partial charge >= 0.3 is 0 Å². The molecule has 1 aromatic carbocycles. The summed E-state index contributed by atoms with van der Waals surface area (Å²) in [4.78, 5) is 4.29. The van der Waals surface area contributed by atoms with Gasteiger partial charge in [-0.1, -0.05) is 18.5 Å². The van der Waals surface area contributed by atoms with Gasteiger partial charge < -0.3 is 9.88 Å². The minimum atomic E-state index is 0.762. The number of rotatable bonds is 5. The van der Waals surface area contributed by atoms with Crippen LogP contribution in [0.3, 0.4) is 0 Å². The quantitative estimate of drug-likeness (QED) is 0.882. The van der Waals surface area contributed by atoms with E-state index < -0.39 is 0 Å². The lowest BCUT2D eigenvalue weighted by atomic mass is 10.3. The van der Waals surface area contributed by atoms with Crippen LogP contribution in [0.2, 0.25) is 5.02 Å². The maximum atomic E-state index is 5.83. The van der Waals surface area contributed by atoms with E-state index in [1.807, 2.05) is 36.7 Å². The van der Waals surface area contributed by atoms with Crippen LogP contribution in [-0.4, -0.2) is 16.1 Å². The molecule has 0 aliphatic carbocycles. The average Bonchev–Trinajstić information content (AvgIpc) is 2.79. The van der Waals surface area contributed by atoms with Crippen LogP contribution < -0.4 is 5.32 Å². The summed E-state index contributed by atoms with van der Waals surface area (Å²) in [5, 5.41) is 4.12. The van der Waals surface area contributed by atoms with Gasteiger partial charge in [-0.2, -0.15) is 0 Å². The standard InChI is InChI=1S/C13H16ClN3/c1-2-13-16-8-10-17(13)9-7-15-12-5-3-11(14)4-6-12/h3-6,8,10,15H,2,7,9H2,1H3. The van der Waals surface area contributed by atoms with Crippen LogP contribution in [0.4, 0.5) is 5.69 Å². The van der Waals surface area contributed by atoms with Gasteiger partial charge in [-0.25, -0.2) is 4.98 Å². The summed E-state index contributed by atoms with van der Waals surface area (Å²) in [6.45, 7) is 3.92. The van der Waals surface area contributed by atoms with Crippen LogP contribution in [0.1, 0.15) is 12.7 Å². The molecule has 4 heteroatoms. The second kappa shape index (κ2) is 5.73. The van der Waals surface area contributed by atoms with Crippen molar-refractivity contribution >= 4 is 17.3 Å². The minimum absolute atomic E-state index is 0.762. The van der Waals surface area contributed by atoms with Crippen molar-refractivity contribution < 1.29 is 0 Å². The summed E-state index contributed by atoms with van der Waals surface area (Å²) >= 11 is 5.83. The van der Waals surface area contributed by atoms with E-state index in [0.717, 1.165) is 36.0 Å². The van der Waals surface area contributed by atoms with Gasteiger partial charge in [-0.15, -0.1) is 0 Å². The van der Waals surface area contributed by atoms with Gasteiger partial charge in [-0.3, -0.25) is 0 Å². The zero-order chi connectivity index (χ0) is 12.1. The SMILES string of the molecule is CCc1nccn1CCNc1ccc(Cl)cc1. The molecule has 0 fully saturated rings. The maximum absolute atomic E-state index is 5.83. The Labute approximate surface area is 106 Å². The molecule has 90 valence electrons. The highest BCUT2D eigenvalue weighted by atomic mass is 35.5. The van der Waals surface area contributed by atoms with Gasteiger partial charge in [0.2, 0.25) is 0 Å². The third kappa shape index (κ3) is 3.24. The molecule has 0 radical (unpaired) electrons. The van der Waals surface area contributed by atoms with E-state index in [1.165, 1.54) is 0 Å². The predicted octanol–water partition coefficient (Wildman–Crippen LogP) is 3.21. The fourth-order valence-corrected chi connectivity index (χ4v) is 1.87. The van der Waals surface area contributed by atoms with Crippen LogP contribution in [-0.2, 0) is 13.0 Å². The summed E-state index contributed by atoms with van der Waals surface area (Å²) in [5.41, 5.74) is 1.09. The first-order valence-electron chi connectivity index (χ1n) is 5.79. The molecule has 3 nitrogen and oxygen atoms in total. The highest BCUT2D eigenvalue weighted by Gasteiger charge is 1.99. The molecule has 1 N–H and O–H groups in total. The van der Waals surface area contributed by atoms with E-state index in [0.29, 0.717) is 0 Å². The normalized spacial score (nSPS) is 10.5. The molecule has 2 rings (SSSR count). The number of nitrogens with zero attached hydrogens (tertiary/aromatic N) is 2. The van der Waals surface area contributed by atoms with E-state index >= 15 is 0 Å². The number of anilines is 1. The number of benzene rings is 1. The van der Waals surface area contributed by atoms with E-state index in [2.05, 4.69) is 21.8 Å². The summed E-state index contributed by atoms with van der Waals surface area (Å²) in [6, 6.07) is 7.74. The Morgan fingerprint density at radius 1 is 1.29 bits per heavy atom. The predicted molar refractivity (Wildman–Crippen MR) is 71.5 cm³/mol. The maximum Gasteiger partial charge on any atom is 0.108 e. The van der Waals surface area contributed by atoms with Crippen molar-refractivity contribution in [3.63, 3.8) is 0 Å². The van der Waals surface area contributed by atoms with Gasteiger partial charge in [0.15, 0.2) is 0 Å². The first-order valence-corrected chi connectivity index (χ1v) is 6.17. The Morgan fingerprint density at radius 2 is 2.06 bits per heavy atom. The number of halogens is 1. The van der Waals surface area contributed by atoms with Crippen LogP contribution in [0.15, 0.2) is 36.7 Å². The van der Waals surface area contributed by atoms with Crippen molar-refractivity contribution in [1.29, 1.82) is 0 Å². The molecule has 0 saturated heterocycles. The van der Waals surface area contributed by atoms with Crippen molar-refractivity contribution in [3.05, 3.63) is 47.5 Å². The third-order valence-electron chi connectivity index (χ3n) is 2.64. The Morgan fingerprint density at radius 3 is 2.76 bits per heavy atom. The van der Waals surface area contributed by atoms with E-state index in [9.17, 15) is 0 Å².